The van der Waals surface area contributed by atoms with Crippen molar-refractivity contribution in [3.05, 3.63) is 39.9 Å². The van der Waals surface area contributed by atoms with Crippen LogP contribution in [0.5, 0.6) is 11.5 Å². The molecule has 1 fully saturated rings. The van der Waals surface area contributed by atoms with Crippen LogP contribution < -0.4 is 14.8 Å². The number of carbonyl (C=O) groups is 1. The molecule has 2 aromatic rings. The number of carbonyl (C=O) groups excluding carboxylic acids is 1. The Kier molecular flexibility index (Phi) is 5.96. The number of methoxy groups -OCH3 is 1. The average Bonchev–Trinajstić information content (AvgIpc) is 3.16. The number of hydrogen-bond donors (Lipinski definition) is 1. The van der Waals surface area contributed by atoms with Gasteiger partial charge in [0.1, 0.15) is 15.7 Å². The van der Waals surface area contributed by atoms with Crippen LogP contribution in [-0.4, -0.2) is 29.1 Å². The maximum absolute atomic E-state index is 13.5. The lowest BCUT2D eigenvalue weighted by molar-refractivity contribution is 0.102. The summed E-state index contributed by atoms with van der Waals surface area (Å²) in [6.45, 7) is 0. The Balaban J connectivity index is 1.87. The van der Waals surface area contributed by atoms with E-state index in [1.54, 1.807) is 0 Å². The molecule has 1 aliphatic carbocycles. The first kappa shape index (κ1) is 19.6. The van der Waals surface area contributed by atoms with Crippen molar-refractivity contribution in [2.24, 2.45) is 0 Å². The summed E-state index contributed by atoms with van der Waals surface area (Å²) in [4.78, 5) is 19.4. The maximum atomic E-state index is 13.5. The molecule has 6 nitrogen and oxygen atoms in total. The predicted octanol–water partition coefficient (Wildman–Crippen LogP) is 4.64. The van der Waals surface area contributed by atoms with E-state index in [4.69, 9.17) is 32.7 Å². The fourth-order valence-electron chi connectivity index (χ4n) is 2.75. The van der Waals surface area contributed by atoms with Crippen molar-refractivity contribution in [1.29, 1.82) is 0 Å². The molecule has 0 bridgehead atoms. The summed E-state index contributed by atoms with van der Waals surface area (Å²) in [5.74, 6) is -2.63. The molecule has 1 saturated carbocycles. The lowest BCUT2D eigenvalue weighted by atomic mass is 10.2. The van der Waals surface area contributed by atoms with Gasteiger partial charge in [-0.1, -0.05) is 23.2 Å². The SMILES string of the molecule is COc1cnc(C(=O)Nc2c(Cl)c(F)nc(F)c2Cl)cc1OC1CCCC1. The Labute approximate surface area is 163 Å². The Morgan fingerprint density at radius 3 is 2.41 bits per heavy atom. The molecule has 1 amide bonds. The highest BCUT2D eigenvalue weighted by molar-refractivity contribution is 6.39. The van der Waals surface area contributed by atoms with E-state index in [-0.39, 0.29) is 11.8 Å². The van der Waals surface area contributed by atoms with Crippen LogP contribution >= 0.6 is 23.2 Å². The Morgan fingerprint density at radius 2 is 1.81 bits per heavy atom. The summed E-state index contributed by atoms with van der Waals surface area (Å²) >= 11 is 11.5. The average molecular weight is 418 g/mol. The number of ether oxygens (including phenoxy) is 2. The van der Waals surface area contributed by atoms with Gasteiger partial charge in [-0.25, -0.2) is 4.98 Å². The van der Waals surface area contributed by atoms with Gasteiger partial charge in [0.05, 0.1) is 25.1 Å². The second-order valence-electron chi connectivity index (χ2n) is 5.90. The highest BCUT2D eigenvalue weighted by atomic mass is 35.5. The Bertz CT molecular complexity index is 851. The minimum absolute atomic E-state index is 0.0319. The molecule has 1 N–H and O–H groups in total. The van der Waals surface area contributed by atoms with Gasteiger partial charge in [0, 0.05) is 6.07 Å². The second kappa shape index (κ2) is 8.22. The minimum atomic E-state index is -1.29. The maximum Gasteiger partial charge on any atom is 0.274 e. The summed E-state index contributed by atoms with van der Waals surface area (Å²) in [5, 5.41) is 1.04. The summed E-state index contributed by atoms with van der Waals surface area (Å²) in [6.07, 6.45) is 5.32. The third-order valence-corrected chi connectivity index (χ3v) is 4.81. The zero-order valence-electron chi connectivity index (χ0n) is 14.2. The molecule has 0 saturated heterocycles. The van der Waals surface area contributed by atoms with E-state index in [0.29, 0.717) is 11.5 Å². The number of amides is 1. The van der Waals surface area contributed by atoms with Crippen molar-refractivity contribution in [2.75, 3.05) is 12.4 Å². The van der Waals surface area contributed by atoms with Crippen molar-refractivity contribution in [1.82, 2.24) is 9.97 Å². The third kappa shape index (κ3) is 4.22. The van der Waals surface area contributed by atoms with Crippen molar-refractivity contribution in [2.45, 2.75) is 31.8 Å². The number of halogens is 4. The van der Waals surface area contributed by atoms with Gasteiger partial charge < -0.3 is 14.8 Å². The molecule has 3 rings (SSSR count). The van der Waals surface area contributed by atoms with Crippen LogP contribution in [0.15, 0.2) is 12.3 Å². The van der Waals surface area contributed by atoms with Gasteiger partial charge in [0.2, 0.25) is 11.9 Å². The monoisotopic (exact) mass is 417 g/mol. The zero-order valence-corrected chi connectivity index (χ0v) is 15.7. The van der Waals surface area contributed by atoms with Crippen LogP contribution in [0.2, 0.25) is 10.0 Å². The van der Waals surface area contributed by atoms with E-state index in [0.717, 1.165) is 25.7 Å². The molecule has 0 unspecified atom stereocenters. The molecule has 0 radical (unpaired) electrons. The molecule has 0 aliphatic heterocycles. The number of pyridine rings is 2. The number of hydrogen-bond acceptors (Lipinski definition) is 5. The van der Waals surface area contributed by atoms with Gasteiger partial charge >= 0.3 is 0 Å². The standard InChI is InChI=1S/C17H15Cl2F2N3O3/c1-26-11-7-22-9(6-10(11)27-8-4-2-3-5-8)17(25)23-14-12(18)15(20)24-16(21)13(14)19/h6-8H,2-5H2,1H3,(H,23,24,25). The molecule has 1 aliphatic rings. The van der Waals surface area contributed by atoms with Crippen molar-refractivity contribution < 1.29 is 23.0 Å². The summed E-state index contributed by atoms with van der Waals surface area (Å²) < 4.78 is 38.1. The highest BCUT2D eigenvalue weighted by Gasteiger charge is 2.23. The van der Waals surface area contributed by atoms with Crippen molar-refractivity contribution in [3.8, 4) is 11.5 Å². The minimum Gasteiger partial charge on any atom is -0.491 e. The van der Waals surface area contributed by atoms with Crippen LogP contribution in [0.4, 0.5) is 14.5 Å². The lowest BCUT2D eigenvalue weighted by Gasteiger charge is -2.16. The molecule has 0 spiro atoms. The second-order valence-corrected chi connectivity index (χ2v) is 6.65. The molecule has 0 aromatic carbocycles. The number of nitrogens with one attached hydrogen (secondary N) is 1. The lowest BCUT2D eigenvalue weighted by Crippen LogP contribution is -2.17. The Morgan fingerprint density at radius 1 is 1.19 bits per heavy atom. The van der Waals surface area contributed by atoms with Crippen LogP contribution in [0.3, 0.4) is 0 Å². The molecule has 0 atom stereocenters. The quantitative estimate of drug-likeness (QED) is 0.716. The van der Waals surface area contributed by atoms with Gasteiger partial charge in [-0.2, -0.15) is 13.8 Å². The van der Waals surface area contributed by atoms with Crippen LogP contribution in [-0.2, 0) is 0 Å². The number of aromatic nitrogens is 2. The third-order valence-electron chi connectivity index (χ3n) is 4.12. The first-order chi connectivity index (χ1) is 12.9. The highest BCUT2D eigenvalue weighted by Crippen LogP contribution is 2.34. The fourth-order valence-corrected chi connectivity index (χ4v) is 3.17. The number of nitrogens with zero attached hydrogens (tertiary/aromatic N) is 2. The topological polar surface area (TPSA) is 73.3 Å². The van der Waals surface area contributed by atoms with Gasteiger partial charge in [0.25, 0.3) is 5.91 Å². The Hall–Kier alpha value is -2.19. The van der Waals surface area contributed by atoms with Crippen molar-refractivity contribution >= 4 is 34.8 Å². The molecular formula is C17H15Cl2F2N3O3. The van der Waals surface area contributed by atoms with E-state index in [1.807, 2.05) is 0 Å². The molecule has 27 heavy (non-hydrogen) atoms. The molecule has 144 valence electrons. The van der Waals surface area contributed by atoms with E-state index in [1.165, 1.54) is 19.4 Å². The largest absolute Gasteiger partial charge is 0.491 e. The fraction of sp³-hybridized carbons (Fsp3) is 0.353. The first-order valence-electron chi connectivity index (χ1n) is 8.12. The molecule has 2 aromatic heterocycles. The first-order valence-corrected chi connectivity index (χ1v) is 8.88. The molecule has 2 heterocycles. The van der Waals surface area contributed by atoms with Crippen LogP contribution in [0.25, 0.3) is 0 Å². The van der Waals surface area contributed by atoms with E-state index in [9.17, 15) is 13.6 Å². The number of anilines is 1. The molecular weight excluding hydrogens is 403 g/mol. The van der Waals surface area contributed by atoms with E-state index in [2.05, 4.69) is 15.3 Å². The smallest absolute Gasteiger partial charge is 0.274 e. The summed E-state index contributed by atoms with van der Waals surface area (Å²) in [7, 11) is 1.46. The van der Waals surface area contributed by atoms with Crippen LogP contribution in [0.1, 0.15) is 36.2 Å². The summed E-state index contributed by atoms with van der Waals surface area (Å²) in [6, 6.07) is 1.39. The van der Waals surface area contributed by atoms with E-state index < -0.39 is 33.5 Å². The van der Waals surface area contributed by atoms with Crippen LogP contribution in [0, 0.1) is 11.9 Å². The van der Waals surface area contributed by atoms with Gasteiger partial charge in [0.15, 0.2) is 11.5 Å². The van der Waals surface area contributed by atoms with E-state index >= 15 is 0 Å². The summed E-state index contributed by atoms with van der Waals surface area (Å²) in [5.41, 5.74) is -0.488. The van der Waals surface area contributed by atoms with Crippen molar-refractivity contribution in [3.63, 3.8) is 0 Å². The number of rotatable bonds is 5. The molecule has 10 heteroatoms. The zero-order chi connectivity index (χ0) is 19.6. The normalized spacial score (nSPS) is 14.3. The predicted molar refractivity (Wildman–Crippen MR) is 95.8 cm³/mol. The van der Waals surface area contributed by atoms with Gasteiger partial charge in [-0.15, -0.1) is 0 Å². The van der Waals surface area contributed by atoms with Gasteiger partial charge in [-0.05, 0) is 25.7 Å². The van der Waals surface area contributed by atoms with Gasteiger partial charge in [-0.3, -0.25) is 4.79 Å².